The van der Waals surface area contributed by atoms with E-state index in [9.17, 15) is 4.79 Å². The van der Waals surface area contributed by atoms with Crippen LogP contribution in [-0.4, -0.2) is 30.3 Å². The van der Waals surface area contributed by atoms with Crippen molar-refractivity contribution in [3.8, 4) is 0 Å². The molecule has 3 rings (SSSR count). The highest BCUT2D eigenvalue weighted by molar-refractivity contribution is 5.79. The van der Waals surface area contributed by atoms with Crippen LogP contribution in [-0.2, 0) is 28.8 Å². The first-order valence-corrected chi connectivity index (χ1v) is 7.83. The Hall–Kier alpha value is -2.14. The van der Waals surface area contributed by atoms with Gasteiger partial charge in [-0.15, -0.1) is 0 Å². The van der Waals surface area contributed by atoms with Crippen LogP contribution in [0, 0.1) is 13.8 Å². The summed E-state index contributed by atoms with van der Waals surface area (Å²) >= 11 is 0. The number of rotatable bonds is 5. The summed E-state index contributed by atoms with van der Waals surface area (Å²) in [6.07, 6.45) is 1.93. The van der Waals surface area contributed by atoms with Gasteiger partial charge in [0.05, 0.1) is 17.7 Å². The van der Waals surface area contributed by atoms with E-state index in [1.54, 1.807) is 7.11 Å². The number of hydrogen-bond donors (Lipinski definition) is 1. The molecular formula is C18H22N2O3. The molecule has 0 bridgehead atoms. The minimum Gasteiger partial charge on any atom is -0.376 e. The van der Waals surface area contributed by atoms with E-state index in [1.807, 2.05) is 26.0 Å². The number of benzene rings is 1. The van der Waals surface area contributed by atoms with Crippen molar-refractivity contribution in [1.82, 2.24) is 10.5 Å². The molecule has 0 saturated carbocycles. The normalized spacial score (nSPS) is 15.4. The molecule has 2 aromatic rings. The smallest absolute Gasteiger partial charge is 0.224 e. The standard InChI is InChI=1S/C18H22N2O3/c1-12-16(13(2)23-20-12)8-17(21)19-11-18(22-3)9-14-6-4-5-7-15(14)10-18/h4-7H,8-11H2,1-3H3,(H,19,21). The second-order valence-electron chi connectivity index (χ2n) is 6.27. The van der Waals surface area contributed by atoms with Crippen LogP contribution < -0.4 is 5.32 Å². The molecule has 0 radical (unpaired) electrons. The van der Waals surface area contributed by atoms with Crippen molar-refractivity contribution >= 4 is 5.91 Å². The number of nitrogens with one attached hydrogen (secondary N) is 1. The summed E-state index contributed by atoms with van der Waals surface area (Å²) in [5.41, 5.74) is 3.89. The van der Waals surface area contributed by atoms with Crippen LogP contribution in [0.4, 0.5) is 0 Å². The summed E-state index contributed by atoms with van der Waals surface area (Å²) in [5, 5.41) is 6.89. The fourth-order valence-corrected chi connectivity index (χ4v) is 3.24. The van der Waals surface area contributed by atoms with E-state index >= 15 is 0 Å². The predicted octanol–water partition coefficient (Wildman–Crippen LogP) is 2.13. The molecule has 1 aromatic heterocycles. The summed E-state index contributed by atoms with van der Waals surface area (Å²) in [5.74, 6) is 0.666. The van der Waals surface area contributed by atoms with E-state index in [0.717, 1.165) is 24.1 Å². The molecule has 5 nitrogen and oxygen atoms in total. The number of methoxy groups -OCH3 is 1. The molecule has 1 aromatic carbocycles. The van der Waals surface area contributed by atoms with E-state index in [2.05, 4.69) is 22.6 Å². The fourth-order valence-electron chi connectivity index (χ4n) is 3.24. The third-order valence-corrected chi connectivity index (χ3v) is 4.70. The van der Waals surface area contributed by atoms with Crippen LogP contribution in [0.25, 0.3) is 0 Å². The Morgan fingerprint density at radius 2 is 1.96 bits per heavy atom. The highest BCUT2D eigenvalue weighted by Gasteiger charge is 2.37. The summed E-state index contributed by atoms with van der Waals surface area (Å²) < 4.78 is 10.9. The maximum absolute atomic E-state index is 12.3. The molecule has 0 saturated heterocycles. The van der Waals surface area contributed by atoms with Crippen LogP contribution in [0.1, 0.15) is 28.1 Å². The van der Waals surface area contributed by atoms with E-state index in [-0.39, 0.29) is 17.9 Å². The molecule has 5 heteroatoms. The van der Waals surface area contributed by atoms with Gasteiger partial charge in [-0.2, -0.15) is 0 Å². The van der Waals surface area contributed by atoms with Crippen LogP contribution in [0.3, 0.4) is 0 Å². The van der Waals surface area contributed by atoms with Gasteiger partial charge in [0.2, 0.25) is 5.91 Å². The molecule has 23 heavy (non-hydrogen) atoms. The molecule has 1 N–H and O–H groups in total. The van der Waals surface area contributed by atoms with Crippen LogP contribution in [0.5, 0.6) is 0 Å². The van der Waals surface area contributed by atoms with Gasteiger partial charge in [-0.3, -0.25) is 4.79 Å². The SMILES string of the molecule is COC1(CNC(=O)Cc2c(C)noc2C)Cc2ccccc2C1. The van der Waals surface area contributed by atoms with Crippen molar-refractivity contribution in [3.63, 3.8) is 0 Å². The van der Waals surface area contributed by atoms with Crippen molar-refractivity contribution in [1.29, 1.82) is 0 Å². The average molecular weight is 314 g/mol. The topological polar surface area (TPSA) is 64.4 Å². The first-order valence-electron chi connectivity index (χ1n) is 7.83. The Morgan fingerprint density at radius 3 is 2.48 bits per heavy atom. The number of aromatic nitrogens is 1. The Labute approximate surface area is 136 Å². The highest BCUT2D eigenvalue weighted by Crippen LogP contribution is 2.32. The van der Waals surface area contributed by atoms with Crippen molar-refractivity contribution in [2.45, 2.75) is 38.7 Å². The highest BCUT2D eigenvalue weighted by atomic mass is 16.5. The van der Waals surface area contributed by atoms with Gasteiger partial charge in [-0.05, 0) is 25.0 Å². The van der Waals surface area contributed by atoms with Gasteiger partial charge in [-0.25, -0.2) is 0 Å². The zero-order valence-corrected chi connectivity index (χ0v) is 13.8. The number of ether oxygens (including phenoxy) is 1. The first-order chi connectivity index (χ1) is 11.0. The monoisotopic (exact) mass is 314 g/mol. The average Bonchev–Trinajstić information content (AvgIpc) is 3.08. The largest absolute Gasteiger partial charge is 0.376 e. The fraction of sp³-hybridized carbons (Fsp3) is 0.444. The van der Waals surface area contributed by atoms with Gasteiger partial charge in [0.15, 0.2) is 0 Å². The lowest BCUT2D eigenvalue weighted by molar-refractivity contribution is -0.122. The summed E-state index contributed by atoms with van der Waals surface area (Å²) in [6, 6.07) is 8.34. The lowest BCUT2D eigenvalue weighted by atomic mass is 10.00. The summed E-state index contributed by atoms with van der Waals surface area (Å²) in [7, 11) is 1.71. The summed E-state index contributed by atoms with van der Waals surface area (Å²) in [4.78, 5) is 12.3. The molecule has 122 valence electrons. The van der Waals surface area contributed by atoms with E-state index in [0.29, 0.717) is 12.3 Å². The molecule has 0 spiro atoms. The van der Waals surface area contributed by atoms with Crippen molar-refractivity contribution in [3.05, 3.63) is 52.4 Å². The first kappa shape index (κ1) is 15.7. The van der Waals surface area contributed by atoms with Gasteiger partial charge in [0, 0.05) is 32.1 Å². The molecular weight excluding hydrogens is 292 g/mol. The Balaban J connectivity index is 1.62. The number of carbonyl (C=O) groups excluding carboxylic acids is 1. The van der Waals surface area contributed by atoms with Gasteiger partial charge >= 0.3 is 0 Å². The van der Waals surface area contributed by atoms with E-state index in [1.165, 1.54) is 11.1 Å². The molecule has 1 amide bonds. The van der Waals surface area contributed by atoms with Crippen molar-refractivity contribution < 1.29 is 14.1 Å². The van der Waals surface area contributed by atoms with Gasteiger partial charge in [0.25, 0.3) is 0 Å². The number of amides is 1. The van der Waals surface area contributed by atoms with E-state index < -0.39 is 0 Å². The zero-order chi connectivity index (χ0) is 16.4. The van der Waals surface area contributed by atoms with Gasteiger partial charge < -0.3 is 14.6 Å². The number of fused-ring (bicyclic) bond motifs is 1. The van der Waals surface area contributed by atoms with Crippen molar-refractivity contribution in [2.75, 3.05) is 13.7 Å². The molecule has 0 atom stereocenters. The predicted molar refractivity (Wildman–Crippen MR) is 86.3 cm³/mol. The Kier molecular flexibility index (Phi) is 4.22. The second kappa shape index (κ2) is 6.16. The third kappa shape index (κ3) is 3.15. The summed E-state index contributed by atoms with van der Waals surface area (Å²) in [6.45, 7) is 4.18. The maximum Gasteiger partial charge on any atom is 0.224 e. The van der Waals surface area contributed by atoms with Gasteiger partial charge in [-0.1, -0.05) is 29.4 Å². The van der Waals surface area contributed by atoms with Crippen molar-refractivity contribution in [2.24, 2.45) is 0 Å². The lowest BCUT2D eigenvalue weighted by Gasteiger charge is -2.27. The Morgan fingerprint density at radius 1 is 1.30 bits per heavy atom. The maximum atomic E-state index is 12.3. The molecule has 1 aliphatic rings. The number of hydrogen-bond acceptors (Lipinski definition) is 4. The molecule has 0 unspecified atom stereocenters. The number of carbonyl (C=O) groups is 1. The molecule has 1 aliphatic carbocycles. The minimum absolute atomic E-state index is 0.0354. The quantitative estimate of drug-likeness (QED) is 0.918. The van der Waals surface area contributed by atoms with Gasteiger partial charge in [0.1, 0.15) is 5.76 Å². The third-order valence-electron chi connectivity index (χ3n) is 4.70. The van der Waals surface area contributed by atoms with Crippen LogP contribution in [0.15, 0.2) is 28.8 Å². The van der Waals surface area contributed by atoms with E-state index in [4.69, 9.17) is 9.26 Å². The lowest BCUT2D eigenvalue weighted by Crippen LogP contribution is -2.45. The Bertz CT molecular complexity index is 676. The second-order valence-corrected chi connectivity index (χ2v) is 6.27. The minimum atomic E-state index is -0.349. The molecule has 0 aliphatic heterocycles. The number of nitrogens with zero attached hydrogens (tertiary/aromatic N) is 1. The molecule has 0 fully saturated rings. The zero-order valence-electron chi connectivity index (χ0n) is 13.8. The van der Waals surface area contributed by atoms with Crippen LogP contribution >= 0.6 is 0 Å². The van der Waals surface area contributed by atoms with Crippen LogP contribution in [0.2, 0.25) is 0 Å². The number of aryl methyl sites for hydroxylation is 2. The molecule has 1 heterocycles.